The van der Waals surface area contributed by atoms with E-state index in [0.717, 1.165) is 4.88 Å². The number of nitrogens with zero attached hydrogens (tertiary/aromatic N) is 3. The van der Waals surface area contributed by atoms with Crippen molar-refractivity contribution in [1.82, 2.24) is 20.6 Å². The van der Waals surface area contributed by atoms with E-state index >= 15 is 0 Å². The molecule has 0 aliphatic rings. The standard InChI is InChI=1S/C9H10N6O2S/c1-4-2-5(8(10)17)9(18-4)11-7(16)3-6-12-14-15-13-6/h2H,3H2,1H3,(H2,10,17)(H,11,16)(H,12,13,14,15). The van der Waals surface area contributed by atoms with Crippen LogP contribution in [0.5, 0.6) is 0 Å². The largest absolute Gasteiger partial charge is 0.366 e. The summed E-state index contributed by atoms with van der Waals surface area (Å²) >= 11 is 1.29. The van der Waals surface area contributed by atoms with Gasteiger partial charge < -0.3 is 11.1 Å². The molecule has 0 saturated carbocycles. The van der Waals surface area contributed by atoms with E-state index in [1.54, 1.807) is 6.07 Å². The molecule has 8 nitrogen and oxygen atoms in total. The van der Waals surface area contributed by atoms with Crippen molar-refractivity contribution in [2.24, 2.45) is 5.73 Å². The minimum Gasteiger partial charge on any atom is -0.366 e. The fourth-order valence-electron chi connectivity index (χ4n) is 1.36. The Morgan fingerprint density at radius 2 is 2.33 bits per heavy atom. The van der Waals surface area contributed by atoms with E-state index in [1.807, 2.05) is 6.92 Å². The van der Waals surface area contributed by atoms with E-state index in [0.29, 0.717) is 10.6 Å². The van der Waals surface area contributed by atoms with Gasteiger partial charge in [0.15, 0.2) is 5.82 Å². The molecule has 2 aromatic rings. The quantitative estimate of drug-likeness (QED) is 0.709. The van der Waals surface area contributed by atoms with Crippen LogP contribution in [0.25, 0.3) is 0 Å². The molecule has 0 radical (unpaired) electrons. The van der Waals surface area contributed by atoms with Gasteiger partial charge in [0, 0.05) is 4.88 Å². The first-order chi connectivity index (χ1) is 8.56. The van der Waals surface area contributed by atoms with E-state index in [-0.39, 0.29) is 18.2 Å². The molecule has 0 saturated heterocycles. The summed E-state index contributed by atoms with van der Waals surface area (Å²) in [5, 5.41) is 16.0. The number of hydrogen-bond donors (Lipinski definition) is 3. The van der Waals surface area contributed by atoms with Gasteiger partial charge in [-0.2, -0.15) is 5.21 Å². The van der Waals surface area contributed by atoms with Crippen LogP contribution < -0.4 is 11.1 Å². The van der Waals surface area contributed by atoms with Crippen LogP contribution >= 0.6 is 11.3 Å². The van der Waals surface area contributed by atoms with Crippen molar-refractivity contribution >= 4 is 28.2 Å². The van der Waals surface area contributed by atoms with Gasteiger partial charge in [-0.3, -0.25) is 9.59 Å². The molecule has 2 aromatic heterocycles. The number of thiophene rings is 1. The molecule has 2 heterocycles. The smallest absolute Gasteiger partial charge is 0.251 e. The summed E-state index contributed by atoms with van der Waals surface area (Å²) in [5.41, 5.74) is 5.52. The monoisotopic (exact) mass is 266 g/mol. The van der Waals surface area contributed by atoms with Crippen LogP contribution in [-0.4, -0.2) is 32.4 Å². The van der Waals surface area contributed by atoms with Gasteiger partial charge in [0.2, 0.25) is 5.91 Å². The number of amides is 2. The molecule has 0 fully saturated rings. The molecule has 2 rings (SSSR count). The maximum absolute atomic E-state index is 11.7. The minimum absolute atomic E-state index is 0.0222. The first-order valence-corrected chi connectivity index (χ1v) is 5.80. The molecule has 0 atom stereocenters. The number of carbonyl (C=O) groups is 2. The highest BCUT2D eigenvalue weighted by Crippen LogP contribution is 2.27. The zero-order valence-electron chi connectivity index (χ0n) is 9.43. The van der Waals surface area contributed by atoms with Crippen LogP contribution in [-0.2, 0) is 11.2 Å². The minimum atomic E-state index is -0.575. The Bertz CT molecular complexity index is 576. The topological polar surface area (TPSA) is 127 Å². The van der Waals surface area contributed by atoms with Crippen molar-refractivity contribution in [2.45, 2.75) is 13.3 Å². The highest BCUT2D eigenvalue weighted by Gasteiger charge is 2.15. The number of aromatic nitrogens is 4. The Morgan fingerprint density at radius 1 is 1.56 bits per heavy atom. The molecule has 4 N–H and O–H groups in total. The summed E-state index contributed by atoms with van der Waals surface area (Å²) in [5.74, 6) is -0.628. The normalized spacial score (nSPS) is 10.3. The lowest BCUT2D eigenvalue weighted by Crippen LogP contribution is -2.18. The molecule has 9 heteroatoms. The third kappa shape index (κ3) is 2.69. The molecule has 0 aliphatic heterocycles. The summed E-state index contributed by atoms with van der Waals surface area (Å²) in [6.07, 6.45) is -0.0222. The lowest BCUT2D eigenvalue weighted by Gasteiger charge is -2.02. The van der Waals surface area contributed by atoms with E-state index in [2.05, 4.69) is 25.9 Å². The number of aryl methyl sites for hydroxylation is 1. The fraction of sp³-hybridized carbons (Fsp3) is 0.222. The SMILES string of the molecule is Cc1cc(C(N)=O)c(NC(=O)Cc2nn[nH]n2)s1. The van der Waals surface area contributed by atoms with Gasteiger partial charge in [-0.05, 0) is 13.0 Å². The number of aromatic amines is 1. The maximum Gasteiger partial charge on any atom is 0.251 e. The number of carbonyl (C=O) groups excluding carboxylic acids is 2. The number of rotatable bonds is 4. The van der Waals surface area contributed by atoms with Crippen molar-refractivity contribution < 1.29 is 9.59 Å². The highest BCUT2D eigenvalue weighted by atomic mass is 32.1. The van der Waals surface area contributed by atoms with Crippen LogP contribution in [0.2, 0.25) is 0 Å². The second kappa shape index (κ2) is 4.92. The average Bonchev–Trinajstić information content (AvgIpc) is 2.88. The number of anilines is 1. The molecule has 0 aromatic carbocycles. The van der Waals surface area contributed by atoms with Gasteiger partial charge in [-0.1, -0.05) is 5.21 Å². The van der Waals surface area contributed by atoms with Crippen molar-refractivity contribution in [1.29, 1.82) is 0 Å². The molecular weight excluding hydrogens is 256 g/mol. The second-order valence-electron chi connectivity index (χ2n) is 3.52. The summed E-state index contributed by atoms with van der Waals surface area (Å²) in [6.45, 7) is 1.83. The molecule has 0 aliphatic carbocycles. The summed E-state index contributed by atoms with van der Waals surface area (Å²) in [4.78, 5) is 23.7. The van der Waals surface area contributed by atoms with Crippen LogP contribution in [0.1, 0.15) is 21.1 Å². The number of nitrogens with one attached hydrogen (secondary N) is 2. The molecule has 18 heavy (non-hydrogen) atoms. The Balaban J connectivity index is 2.09. The molecule has 0 bridgehead atoms. The zero-order chi connectivity index (χ0) is 13.1. The number of nitrogens with two attached hydrogens (primary N) is 1. The number of H-pyrrole nitrogens is 1. The zero-order valence-corrected chi connectivity index (χ0v) is 10.2. The number of primary amides is 1. The van der Waals surface area contributed by atoms with Crippen molar-refractivity contribution in [2.75, 3.05) is 5.32 Å². The molecule has 2 amide bonds. The Morgan fingerprint density at radius 3 is 2.94 bits per heavy atom. The maximum atomic E-state index is 11.7. The van der Waals surface area contributed by atoms with Crippen molar-refractivity contribution in [3.8, 4) is 0 Å². The predicted octanol–water partition coefficient (Wildman–Crippen LogP) is -0.150. The molecule has 0 spiro atoms. The summed E-state index contributed by atoms with van der Waals surface area (Å²) in [6, 6.07) is 1.64. The Kier molecular flexibility index (Phi) is 3.33. The van der Waals surface area contributed by atoms with Crippen LogP contribution in [0.4, 0.5) is 5.00 Å². The molecular formula is C9H10N6O2S. The van der Waals surface area contributed by atoms with Crippen LogP contribution in [0.15, 0.2) is 6.07 Å². The summed E-state index contributed by atoms with van der Waals surface area (Å²) < 4.78 is 0. The van der Waals surface area contributed by atoms with Gasteiger partial charge in [0.05, 0.1) is 12.0 Å². The number of hydrogen-bond acceptors (Lipinski definition) is 6. The van der Waals surface area contributed by atoms with Crippen molar-refractivity contribution in [3.63, 3.8) is 0 Å². The summed E-state index contributed by atoms with van der Waals surface area (Å²) in [7, 11) is 0. The lowest BCUT2D eigenvalue weighted by atomic mass is 10.3. The Labute approximate surface area is 106 Å². The predicted molar refractivity (Wildman–Crippen MR) is 64.1 cm³/mol. The first-order valence-electron chi connectivity index (χ1n) is 4.98. The van der Waals surface area contributed by atoms with E-state index in [1.165, 1.54) is 11.3 Å². The highest BCUT2D eigenvalue weighted by molar-refractivity contribution is 7.16. The third-order valence-electron chi connectivity index (χ3n) is 2.08. The van der Waals surface area contributed by atoms with E-state index in [9.17, 15) is 9.59 Å². The lowest BCUT2D eigenvalue weighted by molar-refractivity contribution is -0.115. The molecule has 0 unspecified atom stereocenters. The van der Waals surface area contributed by atoms with Gasteiger partial charge in [-0.15, -0.1) is 21.5 Å². The fourth-order valence-corrected chi connectivity index (χ4v) is 2.30. The van der Waals surface area contributed by atoms with Gasteiger partial charge in [-0.25, -0.2) is 0 Å². The van der Waals surface area contributed by atoms with E-state index < -0.39 is 5.91 Å². The molecule has 94 valence electrons. The van der Waals surface area contributed by atoms with Gasteiger partial charge >= 0.3 is 0 Å². The third-order valence-corrected chi connectivity index (χ3v) is 3.05. The van der Waals surface area contributed by atoms with Crippen LogP contribution in [0.3, 0.4) is 0 Å². The Hall–Kier alpha value is -2.29. The second-order valence-corrected chi connectivity index (χ2v) is 4.77. The van der Waals surface area contributed by atoms with Crippen molar-refractivity contribution in [3.05, 3.63) is 22.3 Å². The average molecular weight is 266 g/mol. The van der Waals surface area contributed by atoms with E-state index in [4.69, 9.17) is 5.73 Å². The number of tetrazole rings is 1. The van der Waals surface area contributed by atoms with Crippen LogP contribution in [0, 0.1) is 6.92 Å². The first kappa shape index (κ1) is 12.2. The van der Waals surface area contributed by atoms with Gasteiger partial charge in [0.1, 0.15) is 5.00 Å². The van der Waals surface area contributed by atoms with Gasteiger partial charge in [0.25, 0.3) is 5.91 Å².